The van der Waals surface area contributed by atoms with Crippen molar-refractivity contribution in [3.05, 3.63) is 89.0 Å². The average Bonchev–Trinajstić information content (AvgIpc) is 2.86. The van der Waals surface area contributed by atoms with E-state index in [2.05, 4.69) is 5.32 Å². The van der Waals surface area contributed by atoms with Crippen LogP contribution in [0, 0.1) is 0 Å². The number of carbonyl (C=O) groups excluding carboxylic acids is 3. The molecule has 34 heavy (non-hydrogen) atoms. The van der Waals surface area contributed by atoms with Gasteiger partial charge in [0.15, 0.2) is 6.79 Å². The molecule has 2 N–H and O–H groups in total. The first kappa shape index (κ1) is 24.1. The van der Waals surface area contributed by atoms with E-state index < -0.39 is 18.0 Å². The molecule has 0 fully saturated rings. The third-order valence-corrected chi connectivity index (χ3v) is 4.71. The normalized spacial score (nSPS) is 10.3. The largest absolute Gasteiger partial charge is 0.478 e. The van der Waals surface area contributed by atoms with E-state index in [-0.39, 0.29) is 46.9 Å². The van der Waals surface area contributed by atoms with Gasteiger partial charge in [-0.25, -0.2) is 14.4 Å². The lowest BCUT2D eigenvalue weighted by molar-refractivity contribution is -0.0124. The van der Waals surface area contributed by atoms with E-state index in [1.54, 1.807) is 0 Å². The Morgan fingerprint density at radius 3 is 2.29 bits per heavy atom. The molecule has 3 aromatic rings. The molecule has 0 bridgehead atoms. The number of esters is 1. The molecule has 0 aromatic heterocycles. The quantitative estimate of drug-likeness (QED) is 0.272. The molecule has 0 atom stereocenters. The van der Waals surface area contributed by atoms with Crippen LogP contribution in [0.15, 0.2) is 66.7 Å². The second kappa shape index (κ2) is 11.4. The minimum Gasteiger partial charge on any atom is -0.478 e. The molecule has 9 nitrogen and oxygen atoms in total. The minimum absolute atomic E-state index is 0.0146. The summed E-state index contributed by atoms with van der Waals surface area (Å²) < 4.78 is 15.0. The minimum atomic E-state index is -1.28. The van der Waals surface area contributed by atoms with Crippen LogP contribution in [0.4, 0.5) is 10.5 Å². The number of ether oxygens (including phenoxy) is 3. The molecule has 174 valence electrons. The van der Waals surface area contributed by atoms with Gasteiger partial charge in [-0.3, -0.25) is 10.1 Å². The van der Waals surface area contributed by atoms with Crippen LogP contribution in [-0.4, -0.2) is 43.3 Å². The van der Waals surface area contributed by atoms with Crippen LogP contribution in [0.3, 0.4) is 0 Å². The summed E-state index contributed by atoms with van der Waals surface area (Å²) >= 11 is 0. The second-order valence-corrected chi connectivity index (χ2v) is 7.01. The van der Waals surface area contributed by atoms with Crippen molar-refractivity contribution in [3.8, 4) is 11.1 Å². The lowest BCUT2D eigenvalue weighted by atomic mass is 9.93. The highest BCUT2D eigenvalue weighted by Crippen LogP contribution is 2.31. The van der Waals surface area contributed by atoms with Gasteiger partial charge in [-0.1, -0.05) is 48.5 Å². The first-order chi connectivity index (χ1) is 16.4. The second-order valence-electron chi connectivity index (χ2n) is 7.01. The van der Waals surface area contributed by atoms with E-state index in [4.69, 9.17) is 14.2 Å². The van der Waals surface area contributed by atoms with Gasteiger partial charge in [0.05, 0.1) is 11.1 Å². The third-order valence-electron chi connectivity index (χ3n) is 4.71. The summed E-state index contributed by atoms with van der Waals surface area (Å²) in [5, 5.41) is 12.2. The van der Waals surface area contributed by atoms with E-state index in [0.29, 0.717) is 6.29 Å². The first-order valence-corrected chi connectivity index (χ1v) is 10.0. The molecule has 0 unspecified atom stereocenters. The number of aldehydes is 1. The Bertz CT molecular complexity index is 1210. The van der Waals surface area contributed by atoms with Gasteiger partial charge in [-0.05, 0) is 34.9 Å². The predicted molar refractivity (Wildman–Crippen MR) is 122 cm³/mol. The summed E-state index contributed by atoms with van der Waals surface area (Å²) in [6.07, 6.45) is -0.215. The van der Waals surface area contributed by atoms with Crippen molar-refractivity contribution < 1.29 is 38.5 Å². The number of rotatable bonds is 9. The number of carbonyl (C=O) groups is 4. The maximum Gasteiger partial charge on any atom is 0.411 e. The number of aromatic carboxylic acids is 1. The maximum absolute atomic E-state index is 12.7. The fourth-order valence-corrected chi connectivity index (χ4v) is 3.14. The molecule has 1 amide bonds. The molecular weight excluding hydrogens is 442 g/mol. The standard InChI is InChI=1S/C25H21NO8/c1-32-15-34-24(30)22-12-18(26-25(31)33-14-16-5-3-2-4-6-16)8-10-20(22)19-9-7-17(13-27)11-21(19)23(28)29/h2-13H,14-15H2,1H3,(H,26,31)(H,28,29). The number of benzene rings is 3. The van der Waals surface area contributed by atoms with Crippen LogP contribution in [0.25, 0.3) is 11.1 Å². The van der Waals surface area contributed by atoms with Crippen LogP contribution in [0.1, 0.15) is 36.6 Å². The van der Waals surface area contributed by atoms with Gasteiger partial charge in [-0.15, -0.1) is 0 Å². The van der Waals surface area contributed by atoms with Gasteiger partial charge in [-0.2, -0.15) is 0 Å². The molecule has 0 saturated carbocycles. The van der Waals surface area contributed by atoms with Crippen molar-refractivity contribution in [2.75, 3.05) is 19.2 Å². The van der Waals surface area contributed by atoms with E-state index in [0.717, 1.165) is 5.56 Å². The highest BCUT2D eigenvalue weighted by Gasteiger charge is 2.21. The molecular formula is C25H21NO8. The van der Waals surface area contributed by atoms with E-state index in [9.17, 15) is 24.3 Å². The van der Waals surface area contributed by atoms with E-state index >= 15 is 0 Å². The zero-order chi connectivity index (χ0) is 24.5. The zero-order valence-electron chi connectivity index (χ0n) is 18.1. The predicted octanol–water partition coefficient (Wildman–Crippen LogP) is 4.37. The summed E-state index contributed by atoms with van der Waals surface area (Å²) in [6.45, 7) is -0.274. The number of hydrogen-bond donors (Lipinski definition) is 2. The van der Waals surface area contributed by atoms with Gasteiger partial charge in [0.2, 0.25) is 0 Å². The van der Waals surface area contributed by atoms with Crippen LogP contribution < -0.4 is 5.32 Å². The summed E-state index contributed by atoms with van der Waals surface area (Å²) in [5.41, 5.74) is 1.45. The molecule has 0 heterocycles. The van der Waals surface area contributed by atoms with Gasteiger partial charge in [0, 0.05) is 18.4 Å². The maximum atomic E-state index is 12.7. The van der Waals surface area contributed by atoms with Crippen LogP contribution in [0.2, 0.25) is 0 Å². The van der Waals surface area contributed by atoms with Gasteiger partial charge in [0.25, 0.3) is 0 Å². The molecule has 3 aromatic carbocycles. The Hall–Kier alpha value is -4.50. The van der Waals surface area contributed by atoms with Crippen molar-refractivity contribution in [1.29, 1.82) is 0 Å². The van der Waals surface area contributed by atoms with Crippen molar-refractivity contribution in [2.45, 2.75) is 6.61 Å². The van der Waals surface area contributed by atoms with Crippen LogP contribution in [0.5, 0.6) is 0 Å². The van der Waals surface area contributed by atoms with E-state index in [1.807, 2.05) is 30.3 Å². The topological polar surface area (TPSA) is 128 Å². The number of nitrogens with one attached hydrogen (secondary N) is 1. The number of anilines is 1. The Morgan fingerprint density at radius 1 is 0.912 bits per heavy atom. The fourth-order valence-electron chi connectivity index (χ4n) is 3.14. The van der Waals surface area contributed by atoms with Crippen LogP contribution >= 0.6 is 0 Å². The molecule has 0 aliphatic heterocycles. The molecule has 0 spiro atoms. The average molecular weight is 463 g/mol. The molecule has 0 radical (unpaired) electrons. The number of amides is 1. The number of carboxylic acids is 1. The highest BCUT2D eigenvalue weighted by molar-refractivity contribution is 6.04. The fraction of sp³-hybridized carbons (Fsp3) is 0.120. The Morgan fingerprint density at radius 2 is 1.62 bits per heavy atom. The van der Waals surface area contributed by atoms with Crippen LogP contribution in [-0.2, 0) is 20.8 Å². The number of hydrogen-bond acceptors (Lipinski definition) is 7. The number of carboxylic acid groups (broad SMARTS) is 1. The molecule has 0 aliphatic carbocycles. The Labute approximate surface area is 194 Å². The molecule has 9 heteroatoms. The van der Waals surface area contributed by atoms with E-state index in [1.165, 1.54) is 43.5 Å². The van der Waals surface area contributed by atoms with Crippen molar-refractivity contribution in [2.24, 2.45) is 0 Å². The SMILES string of the molecule is COCOC(=O)c1cc(NC(=O)OCc2ccccc2)ccc1-c1ccc(C=O)cc1C(=O)O. The summed E-state index contributed by atoms with van der Waals surface area (Å²) in [7, 11) is 1.34. The number of methoxy groups -OCH3 is 1. The third kappa shape index (κ3) is 6.05. The Balaban J connectivity index is 1.92. The van der Waals surface area contributed by atoms with Crippen molar-refractivity contribution in [3.63, 3.8) is 0 Å². The Kier molecular flexibility index (Phi) is 8.09. The van der Waals surface area contributed by atoms with Gasteiger partial charge >= 0.3 is 18.0 Å². The molecule has 0 saturated heterocycles. The molecule has 3 rings (SSSR count). The smallest absolute Gasteiger partial charge is 0.411 e. The summed E-state index contributed by atoms with van der Waals surface area (Å²) in [5.74, 6) is -2.07. The summed E-state index contributed by atoms with van der Waals surface area (Å²) in [6, 6.07) is 17.5. The lowest BCUT2D eigenvalue weighted by Gasteiger charge is -2.14. The van der Waals surface area contributed by atoms with Crippen molar-refractivity contribution >= 4 is 30.0 Å². The monoisotopic (exact) mass is 463 g/mol. The van der Waals surface area contributed by atoms with Gasteiger partial charge in [0.1, 0.15) is 12.9 Å². The van der Waals surface area contributed by atoms with Gasteiger partial charge < -0.3 is 19.3 Å². The highest BCUT2D eigenvalue weighted by atomic mass is 16.7. The zero-order valence-corrected chi connectivity index (χ0v) is 18.1. The summed E-state index contributed by atoms with van der Waals surface area (Å²) in [4.78, 5) is 47.8. The lowest BCUT2D eigenvalue weighted by Crippen LogP contribution is -2.15. The van der Waals surface area contributed by atoms with Crippen molar-refractivity contribution in [1.82, 2.24) is 0 Å². The molecule has 0 aliphatic rings. The first-order valence-electron chi connectivity index (χ1n) is 10.0.